The van der Waals surface area contributed by atoms with Crippen LogP contribution in [-0.4, -0.2) is 18.2 Å². The maximum atomic E-state index is 11.7. The van der Waals surface area contributed by atoms with Gasteiger partial charge in [0.25, 0.3) is 0 Å². The first-order chi connectivity index (χ1) is 8.65. The first-order valence-electron chi connectivity index (χ1n) is 6.30. The smallest absolute Gasteiger partial charge is 0.230 e. The Morgan fingerprint density at radius 2 is 1.89 bits per heavy atom. The van der Waals surface area contributed by atoms with E-state index >= 15 is 0 Å². The molecule has 0 unspecified atom stereocenters. The van der Waals surface area contributed by atoms with Gasteiger partial charge in [-0.15, -0.1) is 11.8 Å². The molecule has 0 radical (unpaired) electrons. The van der Waals surface area contributed by atoms with Gasteiger partial charge in [-0.05, 0) is 30.2 Å². The van der Waals surface area contributed by atoms with Crippen molar-refractivity contribution in [1.82, 2.24) is 5.32 Å². The number of carbonyl (C=O) groups excluding carboxylic acids is 1. The molecule has 1 aromatic rings. The second kappa shape index (κ2) is 8.59. The summed E-state index contributed by atoms with van der Waals surface area (Å²) in [5.74, 6) is 1.21. The molecule has 0 atom stereocenters. The summed E-state index contributed by atoms with van der Waals surface area (Å²) in [6.07, 6.45) is 2.24. The molecule has 0 fully saturated rings. The summed E-state index contributed by atoms with van der Waals surface area (Å²) in [6, 6.07) is 8.01. The molecule has 0 saturated carbocycles. The number of hydrogen-bond donors (Lipinski definition) is 1. The summed E-state index contributed by atoms with van der Waals surface area (Å²) in [5, 5.41) is 3.00. The van der Waals surface area contributed by atoms with Crippen molar-refractivity contribution < 1.29 is 4.79 Å². The fourth-order valence-corrected chi connectivity index (χ4v) is 2.56. The van der Waals surface area contributed by atoms with Gasteiger partial charge in [-0.2, -0.15) is 0 Å². The molecular formula is C14H20BrNOS. The maximum Gasteiger partial charge on any atom is 0.230 e. The second-order valence-electron chi connectivity index (χ2n) is 4.23. The lowest BCUT2D eigenvalue weighted by Gasteiger charge is -2.13. The van der Waals surface area contributed by atoms with Crippen molar-refractivity contribution in [3.63, 3.8) is 0 Å². The van der Waals surface area contributed by atoms with E-state index in [2.05, 4.69) is 35.1 Å². The van der Waals surface area contributed by atoms with Crippen LogP contribution >= 0.6 is 27.7 Å². The Bertz CT molecular complexity index is 363. The van der Waals surface area contributed by atoms with Crippen molar-refractivity contribution in [2.24, 2.45) is 5.92 Å². The molecule has 1 rings (SSSR count). The molecule has 1 N–H and O–H groups in total. The molecule has 1 aromatic carbocycles. The Hall–Kier alpha value is -0.480. The van der Waals surface area contributed by atoms with Crippen molar-refractivity contribution in [2.45, 2.75) is 31.6 Å². The van der Waals surface area contributed by atoms with Gasteiger partial charge in [0.2, 0.25) is 5.91 Å². The minimum atomic E-state index is 0.120. The van der Waals surface area contributed by atoms with Crippen molar-refractivity contribution in [3.8, 4) is 0 Å². The van der Waals surface area contributed by atoms with Gasteiger partial charge in [0, 0.05) is 15.9 Å². The Kier molecular flexibility index (Phi) is 7.44. The molecule has 0 aliphatic carbocycles. The monoisotopic (exact) mass is 329 g/mol. The van der Waals surface area contributed by atoms with Crippen LogP contribution in [0.3, 0.4) is 0 Å². The van der Waals surface area contributed by atoms with Gasteiger partial charge in [0.05, 0.1) is 5.75 Å². The van der Waals surface area contributed by atoms with Crippen LogP contribution in [0.1, 0.15) is 26.7 Å². The third kappa shape index (κ3) is 5.91. The summed E-state index contributed by atoms with van der Waals surface area (Å²) >= 11 is 4.96. The average Bonchev–Trinajstić information content (AvgIpc) is 2.39. The molecule has 0 aromatic heterocycles. The SMILES string of the molecule is CCC(CC)CNC(=O)CSc1ccc(Br)cc1. The van der Waals surface area contributed by atoms with Gasteiger partial charge in [0.1, 0.15) is 0 Å². The van der Waals surface area contributed by atoms with Gasteiger partial charge in [-0.3, -0.25) is 4.79 Å². The minimum Gasteiger partial charge on any atom is -0.355 e. The Labute approximate surface area is 122 Å². The van der Waals surface area contributed by atoms with Crippen molar-refractivity contribution >= 4 is 33.6 Å². The van der Waals surface area contributed by atoms with E-state index in [0.717, 1.165) is 28.8 Å². The molecule has 0 spiro atoms. The molecule has 18 heavy (non-hydrogen) atoms. The first-order valence-corrected chi connectivity index (χ1v) is 8.08. The topological polar surface area (TPSA) is 29.1 Å². The number of hydrogen-bond acceptors (Lipinski definition) is 2. The van der Waals surface area contributed by atoms with Crippen LogP contribution in [0.2, 0.25) is 0 Å². The van der Waals surface area contributed by atoms with E-state index in [1.807, 2.05) is 24.3 Å². The molecule has 100 valence electrons. The van der Waals surface area contributed by atoms with Gasteiger partial charge >= 0.3 is 0 Å². The molecule has 0 aliphatic heterocycles. The van der Waals surface area contributed by atoms with E-state index in [-0.39, 0.29) is 5.91 Å². The molecule has 0 aliphatic rings. The van der Waals surface area contributed by atoms with Crippen molar-refractivity contribution in [2.75, 3.05) is 12.3 Å². The largest absolute Gasteiger partial charge is 0.355 e. The van der Waals surface area contributed by atoms with E-state index in [1.54, 1.807) is 11.8 Å². The predicted octanol–water partition coefficient (Wildman–Crippen LogP) is 4.09. The summed E-state index contributed by atoms with van der Waals surface area (Å²) in [6.45, 7) is 5.13. The standard InChI is InChI=1S/C14H20BrNOS/c1-3-11(4-2)9-16-14(17)10-18-13-7-5-12(15)6-8-13/h5-8,11H,3-4,9-10H2,1-2H3,(H,16,17). The zero-order chi connectivity index (χ0) is 13.4. The van der Waals surface area contributed by atoms with Gasteiger partial charge in [-0.25, -0.2) is 0 Å². The number of halogens is 1. The number of benzene rings is 1. The second-order valence-corrected chi connectivity index (χ2v) is 6.19. The summed E-state index contributed by atoms with van der Waals surface area (Å²) in [7, 11) is 0. The van der Waals surface area contributed by atoms with Gasteiger partial charge in [-0.1, -0.05) is 42.6 Å². The maximum absolute atomic E-state index is 11.7. The molecule has 2 nitrogen and oxygen atoms in total. The zero-order valence-corrected chi connectivity index (χ0v) is 13.3. The predicted molar refractivity (Wildman–Crippen MR) is 81.9 cm³/mol. The van der Waals surface area contributed by atoms with Crippen LogP contribution in [-0.2, 0) is 4.79 Å². The number of amides is 1. The fourth-order valence-electron chi connectivity index (χ4n) is 1.57. The lowest BCUT2D eigenvalue weighted by atomic mass is 10.0. The van der Waals surface area contributed by atoms with Gasteiger partial charge in [0.15, 0.2) is 0 Å². The molecular weight excluding hydrogens is 310 g/mol. The highest BCUT2D eigenvalue weighted by atomic mass is 79.9. The molecule has 0 heterocycles. The lowest BCUT2D eigenvalue weighted by Crippen LogP contribution is -2.30. The number of rotatable bonds is 7. The molecule has 4 heteroatoms. The van der Waals surface area contributed by atoms with Crippen molar-refractivity contribution in [1.29, 1.82) is 0 Å². The molecule has 1 amide bonds. The highest BCUT2D eigenvalue weighted by Crippen LogP contribution is 2.20. The Balaban J connectivity index is 2.26. The first kappa shape index (κ1) is 15.6. The highest BCUT2D eigenvalue weighted by Gasteiger charge is 2.07. The van der Waals surface area contributed by atoms with E-state index in [9.17, 15) is 4.79 Å². The third-order valence-electron chi connectivity index (χ3n) is 2.93. The fraction of sp³-hybridized carbons (Fsp3) is 0.500. The Morgan fingerprint density at radius 1 is 1.28 bits per heavy atom. The van der Waals surface area contributed by atoms with E-state index < -0.39 is 0 Å². The normalized spacial score (nSPS) is 10.7. The van der Waals surface area contributed by atoms with Gasteiger partial charge < -0.3 is 5.32 Å². The van der Waals surface area contributed by atoms with Crippen LogP contribution in [0.5, 0.6) is 0 Å². The van der Waals surface area contributed by atoms with Crippen LogP contribution in [0.4, 0.5) is 0 Å². The minimum absolute atomic E-state index is 0.120. The Morgan fingerprint density at radius 3 is 2.44 bits per heavy atom. The lowest BCUT2D eigenvalue weighted by molar-refractivity contribution is -0.118. The summed E-state index contributed by atoms with van der Waals surface area (Å²) < 4.78 is 1.06. The van der Waals surface area contributed by atoms with Crippen LogP contribution in [0.25, 0.3) is 0 Å². The zero-order valence-electron chi connectivity index (χ0n) is 10.9. The quantitative estimate of drug-likeness (QED) is 0.763. The number of nitrogens with one attached hydrogen (secondary N) is 1. The van der Waals surface area contributed by atoms with Crippen LogP contribution in [0, 0.1) is 5.92 Å². The van der Waals surface area contributed by atoms with Crippen molar-refractivity contribution in [3.05, 3.63) is 28.7 Å². The third-order valence-corrected chi connectivity index (χ3v) is 4.47. The van der Waals surface area contributed by atoms with E-state index in [1.165, 1.54) is 0 Å². The number of carbonyl (C=O) groups is 1. The summed E-state index contributed by atoms with van der Waals surface area (Å²) in [4.78, 5) is 12.8. The van der Waals surface area contributed by atoms with E-state index in [4.69, 9.17) is 0 Å². The highest BCUT2D eigenvalue weighted by molar-refractivity contribution is 9.10. The summed E-state index contributed by atoms with van der Waals surface area (Å²) in [5.41, 5.74) is 0. The molecule has 0 bridgehead atoms. The van der Waals surface area contributed by atoms with E-state index in [0.29, 0.717) is 11.7 Å². The molecule has 0 saturated heterocycles. The van der Waals surface area contributed by atoms with Crippen LogP contribution < -0.4 is 5.32 Å². The van der Waals surface area contributed by atoms with Crippen LogP contribution in [0.15, 0.2) is 33.6 Å². The number of thioether (sulfide) groups is 1. The average molecular weight is 330 g/mol.